The fraction of sp³-hybridized carbons (Fsp3) is 0.250. The van der Waals surface area contributed by atoms with Gasteiger partial charge in [0.15, 0.2) is 5.78 Å². The second-order valence-corrected chi connectivity index (χ2v) is 5.92. The largest absolute Gasteiger partial charge is 0.289 e. The summed E-state index contributed by atoms with van der Waals surface area (Å²) in [4.78, 5) is 21.1. The number of aromatic nitrogens is 2. The minimum absolute atomic E-state index is 0.155. The topological polar surface area (TPSA) is 42.9 Å². The Morgan fingerprint density at radius 1 is 1.00 bits per heavy atom. The Morgan fingerprint density at radius 3 is 1.91 bits per heavy atom. The first-order valence-corrected chi connectivity index (χ1v) is 8.02. The molecule has 3 rings (SSSR count). The van der Waals surface area contributed by atoms with Crippen molar-refractivity contribution in [1.82, 2.24) is 9.97 Å². The summed E-state index contributed by atoms with van der Waals surface area (Å²) in [6.07, 6.45) is 13.8. The highest BCUT2D eigenvalue weighted by molar-refractivity contribution is 6.14. The molecule has 3 nitrogen and oxygen atoms in total. The molecule has 0 aliphatic heterocycles. The number of rotatable bonds is 3. The van der Waals surface area contributed by atoms with Gasteiger partial charge in [-0.2, -0.15) is 0 Å². The molecule has 3 heteroatoms. The Balaban J connectivity index is 1.94. The fourth-order valence-corrected chi connectivity index (χ4v) is 2.95. The molecule has 2 heterocycles. The molecule has 1 aliphatic carbocycles. The minimum Gasteiger partial charge on any atom is -0.289 e. The quantitative estimate of drug-likeness (QED) is 0.793. The van der Waals surface area contributed by atoms with Crippen LogP contribution in [0.4, 0.5) is 0 Å². The third-order valence-corrected chi connectivity index (χ3v) is 4.23. The molecule has 0 bridgehead atoms. The van der Waals surface area contributed by atoms with Gasteiger partial charge in [-0.1, -0.05) is 25.5 Å². The van der Waals surface area contributed by atoms with E-state index >= 15 is 0 Å². The summed E-state index contributed by atoms with van der Waals surface area (Å²) in [5, 5.41) is 0. The van der Waals surface area contributed by atoms with Crippen molar-refractivity contribution in [3.8, 4) is 0 Å². The van der Waals surface area contributed by atoms with Gasteiger partial charge in [-0.05, 0) is 54.2 Å². The van der Waals surface area contributed by atoms with Gasteiger partial charge in [-0.15, -0.1) is 0 Å². The van der Waals surface area contributed by atoms with Crippen LogP contribution < -0.4 is 0 Å². The number of pyridine rings is 2. The lowest BCUT2D eigenvalue weighted by molar-refractivity contribution is -0.113. The van der Waals surface area contributed by atoms with Crippen molar-refractivity contribution in [2.24, 2.45) is 5.92 Å². The molecule has 23 heavy (non-hydrogen) atoms. The summed E-state index contributed by atoms with van der Waals surface area (Å²) >= 11 is 0. The number of nitrogens with zero attached hydrogens (tertiary/aromatic N) is 2. The summed E-state index contributed by atoms with van der Waals surface area (Å²) < 4.78 is 0. The molecule has 1 saturated carbocycles. The van der Waals surface area contributed by atoms with Gasteiger partial charge in [-0.25, -0.2) is 0 Å². The molecule has 116 valence electrons. The molecule has 0 unspecified atom stereocenters. The first-order valence-electron chi connectivity index (χ1n) is 8.02. The molecule has 2 aromatic rings. The van der Waals surface area contributed by atoms with E-state index in [9.17, 15) is 4.79 Å². The van der Waals surface area contributed by atoms with E-state index in [0.717, 1.165) is 41.5 Å². The maximum Gasteiger partial charge on any atom is 0.185 e. The maximum absolute atomic E-state index is 12.8. The Hall–Kier alpha value is -2.55. The Morgan fingerprint density at radius 2 is 1.52 bits per heavy atom. The second-order valence-electron chi connectivity index (χ2n) is 5.92. The van der Waals surface area contributed by atoms with Gasteiger partial charge in [0.2, 0.25) is 0 Å². The highest BCUT2D eigenvalue weighted by atomic mass is 16.1. The summed E-state index contributed by atoms with van der Waals surface area (Å²) in [7, 11) is 0. The van der Waals surface area contributed by atoms with E-state index in [1.165, 1.54) is 0 Å². The SMILES string of the molecule is CCC1C/C(=C\c2cccnc2)C(=O)/C(=C/c2cccnc2)C1. The summed E-state index contributed by atoms with van der Waals surface area (Å²) in [6, 6.07) is 7.74. The Bertz CT molecular complexity index is 671. The number of carbonyl (C=O) groups is 1. The van der Waals surface area contributed by atoms with Crippen molar-refractivity contribution < 1.29 is 4.79 Å². The van der Waals surface area contributed by atoms with Gasteiger partial charge in [-0.3, -0.25) is 14.8 Å². The predicted octanol–water partition coefficient (Wildman–Crippen LogP) is 4.33. The van der Waals surface area contributed by atoms with Gasteiger partial charge < -0.3 is 0 Å². The molecule has 1 aliphatic rings. The number of hydrogen-bond donors (Lipinski definition) is 0. The third kappa shape index (κ3) is 3.81. The highest BCUT2D eigenvalue weighted by Gasteiger charge is 2.26. The molecule has 0 radical (unpaired) electrons. The van der Waals surface area contributed by atoms with Crippen molar-refractivity contribution in [3.05, 3.63) is 71.3 Å². The summed E-state index contributed by atoms with van der Waals surface area (Å²) in [6.45, 7) is 2.18. The monoisotopic (exact) mass is 304 g/mol. The molecular formula is C20H20N2O. The Labute approximate surface area is 136 Å². The summed E-state index contributed by atoms with van der Waals surface area (Å²) in [5.74, 6) is 0.668. The number of hydrogen-bond acceptors (Lipinski definition) is 3. The summed E-state index contributed by atoms with van der Waals surface area (Å²) in [5.41, 5.74) is 3.72. The first-order chi connectivity index (χ1) is 11.3. The van der Waals surface area contributed by atoms with Crippen molar-refractivity contribution in [2.75, 3.05) is 0 Å². The highest BCUT2D eigenvalue weighted by Crippen LogP contribution is 2.33. The van der Waals surface area contributed by atoms with Crippen molar-refractivity contribution in [1.29, 1.82) is 0 Å². The average molecular weight is 304 g/mol. The second kappa shape index (κ2) is 7.14. The number of allylic oxidation sites excluding steroid dienone is 2. The molecule has 0 saturated heterocycles. The van der Waals surface area contributed by atoms with Crippen LogP contribution in [0.15, 0.2) is 60.2 Å². The van der Waals surface area contributed by atoms with Crippen LogP contribution in [0.3, 0.4) is 0 Å². The van der Waals surface area contributed by atoms with Crippen LogP contribution in [0.25, 0.3) is 12.2 Å². The van der Waals surface area contributed by atoms with Crippen LogP contribution in [0.1, 0.15) is 37.3 Å². The van der Waals surface area contributed by atoms with Gasteiger partial charge >= 0.3 is 0 Å². The molecule has 0 N–H and O–H groups in total. The zero-order valence-electron chi connectivity index (χ0n) is 13.3. The normalized spacial score (nSPS) is 21.8. The number of Topliss-reactive ketones (excluding diaryl/α,β-unsaturated/α-hetero) is 1. The van der Waals surface area contributed by atoms with Gasteiger partial charge in [0.25, 0.3) is 0 Å². The van der Waals surface area contributed by atoms with E-state index in [2.05, 4.69) is 16.9 Å². The van der Waals surface area contributed by atoms with E-state index in [4.69, 9.17) is 0 Å². The van der Waals surface area contributed by atoms with Crippen molar-refractivity contribution in [3.63, 3.8) is 0 Å². The molecule has 0 aromatic carbocycles. The molecule has 0 spiro atoms. The lowest BCUT2D eigenvalue weighted by Gasteiger charge is -2.24. The zero-order chi connectivity index (χ0) is 16.1. The van der Waals surface area contributed by atoms with Crippen LogP contribution in [0.5, 0.6) is 0 Å². The van der Waals surface area contributed by atoms with Crippen LogP contribution in [0.2, 0.25) is 0 Å². The number of ketones is 1. The van der Waals surface area contributed by atoms with Gasteiger partial charge in [0.1, 0.15) is 0 Å². The Kier molecular flexibility index (Phi) is 4.77. The average Bonchev–Trinajstić information content (AvgIpc) is 2.60. The molecule has 0 amide bonds. The van der Waals surface area contributed by atoms with Gasteiger partial charge in [0, 0.05) is 35.9 Å². The smallest absolute Gasteiger partial charge is 0.185 e. The van der Waals surface area contributed by atoms with Crippen molar-refractivity contribution in [2.45, 2.75) is 26.2 Å². The zero-order valence-corrected chi connectivity index (χ0v) is 13.3. The third-order valence-electron chi connectivity index (χ3n) is 4.23. The van der Waals surface area contributed by atoms with E-state index in [1.54, 1.807) is 24.8 Å². The fourth-order valence-electron chi connectivity index (χ4n) is 2.95. The standard InChI is InChI=1S/C20H20N2O/c1-2-15-9-18(11-16-5-3-7-21-13-16)20(23)19(10-15)12-17-6-4-8-22-14-17/h3-8,11-15H,2,9-10H2,1H3/b18-11+,19-12+. The molecular weight excluding hydrogens is 284 g/mol. The van der Waals surface area contributed by atoms with Gasteiger partial charge in [0.05, 0.1) is 0 Å². The lowest BCUT2D eigenvalue weighted by atomic mass is 9.79. The maximum atomic E-state index is 12.8. The molecule has 2 aromatic heterocycles. The van der Waals surface area contributed by atoms with Crippen LogP contribution in [-0.4, -0.2) is 15.8 Å². The molecule has 1 fully saturated rings. The van der Waals surface area contributed by atoms with Crippen LogP contribution >= 0.6 is 0 Å². The van der Waals surface area contributed by atoms with Crippen LogP contribution in [0, 0.1) is 5.92 Å². The van der Waals surface area contributed by atoms with E-state index in [0.29, 0.717) is 5.92 Å². The van der Waals surface area contributed by atoms with E-state index in [1.807, 2.05) is 36.4 Å². The molecule has 0 atom stereocenters. The van der Waals surface area contributed by atoms with E-state index < -0.39 is 0 Å². The van der Waals surface area contributed by atoms with Crippen LogP contribution in [-0.2, 0) is 4.79 Å². The van der Waals surface area contributed by atoms with E-state index in [-0.39, 0.29) is 5.78 Å². The first kappa shape index (κ1) is 15.3. The lowest BCUT2D eigenvalue weighted by Crippen LogP contribution is -2.19. The van der Waals surface area contributed by atoms with Crippen molar-refractivity contribution >= 4 is 17.9 Å². The number of carbonyl (C=O) groups excluding carboxylic acids is 1. The minimum atomic E-state index is 0.155. The predicted molar refractivity (Wildman–Crippen MR) is 92.5 cm³/mol.